The molecule has 1 saturated carbocycles. The summed E-state index contributed by atoms with van der Waals surface area (Å²) >= 11 is 0. The number of amides is 3. The van der Waals surface area contributed by atoms with Crippen LogP contribution in [-0.2, 0) is 4.79 Å². The van der Waals surface area contributed by atoms with Crippen molar-refractivity contribution in [2.75, 3.05) is 11.4 Å². The standard InChI is InChI=1S/C12H11N3O4/c16-11-7-13(8-4-5-8)12(17)14(11)9-2-1-3-10(6-9)15(18)19/h1-3,6,8H,4-5,7H2. The number of nitro groups is 1. The van der Waals surface area contributed by atoms with Crippen LogP contribution in [0, 0.1) is 10.1 Å². The summed E-state index contributed by atoms with van der Waals surface area (Å²) in [7, 11) is 0. The number of hydrogen-bond donors (Lipinski definition) is 0. The van der Waals surface area contributed by atoms with E-state index in [1.54, 1.807) is 0 Å². The Kier molecular flexibility index (Phi) is 2.48. The smallest absolute Gasteiger partial charge is 0.312 e. The van der Waals surface area contributed by atoms with Crippen LogP contribution in [0.3, 0.4) is 0 Å². The van der Waals surface area contributed by atoms with Crippen LogP contribution in [0.25, 0.3) is 0 Å². The first-order valence-electron chi connectivity index (χ1n) is 5.96. The third-order valence-corrected chi connectivity index (χ3v) is 3.28. The third-order valence-electron chi connectivity index (χ3n) is 3.28. The van der Waals surface area contributed by atoms with Gasteiger partial charge in [0.2, 0.25) is 0 Å². The second-order valence-electron chi connectivity index (χ2n) is 4.65. The van der Waals surface area contributed by atoms with Crippen LogP contribution in [0.15, 0.2) is 24.3 Å². The molecule has 1 aliphatic carbocycles. The zero-order chi connectivity index (χ0) is 13.6. The van der Waals surface area contributed by atoms with E-state index in [-0.39, 0.29) is 35.9 Å². The van der Waals surface area contributed by atoms with E-state index in [1.165, 1.54) is 29.2 Å². The van der Waals surface area contributed by atoms with Crippen LogP contribution in [-0.4, -0.2) is 34.3 Å². The summed E-state index contributed by atoms with van der Waals surface area (Å²) < 4.78 is 0. The van der Waals surface area contributed by atoms with E-state index in [2.05, 4.69) is 0 Å². The van der Waals surface area contributed by atoms with E-state index < -0.39 is 4.92 Å². The largest absolute Gasteiger partial charge is 0.332 e. The Morgan fingerprint density at radius 2 is 2.00 bits per heavy atom. The maximum absolute atomic E-state index is 12.1. The fourth-order valence-electron chi connectivity index (χ4n) is 2.19. The number of benzene rings is 1. The normalized spacial score (nSPS) is 19.2. The highest BCUT2D eigenvalue weighted by Crippen LogP contribution is 2.33. The number of hydrogen-bond acceptors (Lipinski definition) is 4. The van der Waals surface area contributed by atoms with Crippen molar-refractivity contribution in [2.24, 2.45) is 0 Å². The Labute approximate surface area is 108 Å². The lowest BCUT2D eigenvalue weighted by molar-refractivity contribution is -0.384. The first-order valence-corrected chi connectivity index (χ1v) is 5.96. The van der Waals surface area contributed by atoms with Gasteiger partial charge in [0.1, 0.15) is 6.54 Å². The molecule has 0 unspecified atom stereocenters. The first-order chi connectivity index (χ1) is 9.08. The summed E-state index contributed by atoms with van der Waals surface area (Å²) in [6, 6.07) is 5.33. The molecule has 0 bridgehead atoms. The second kappa shape index (κ2) is 4.04. The maximum atomic E-state index is 12.1. The number of carbonyl (C=O) groups excluding carboxylic acids is 2. The molecule has 1 heterocycles. The summed E-state index contributed by atoms with van der Waals surface area (Å²) in [5.41, 5.74) is 0.121. The van der Waals surface area contributed by atoms with E-state index in [0.29, 0.717) is 0 Å². The van der Waals surface area contributed by atoms with Gasteiger partial charge >= 0.3 is 6.03 Å². The molecule has 2 aliphatic rings. The van der Waals surface area contributed by atoms with Crippen LogP contribution < -0.4 is 4.90 Å². The van der Waals surface area contributed by atoms with Crippen LogP contribution >= 0.6 is 0 Å². The van der Waals surface area contributed by atoms with Gasteiger partial charge in [-0.3, -0.25) is 14.9 Å². The lowest BCUT2D eigenvalue weighted by Crippen LogP contribution is -2.34. The van der Waals surface area contributed by atoms with Crippen molar-refractivity contribution in [3.63, 3.8) is 0 Å². The summed E-state index contributed by atoms with van der Waals surface area (Å²) in [5, 5.41) is 10.7. The lowest BCUT2D eigenvalue weighted by Gasteiger charge is -2.16. The minimum Gasteiger partial charge on any atom is -0.312 e. The lowest BCUT2D eigenvalue weighted by atomic mass is 10.2. The molecule has 0 spiro atoms. The summed E-state index contributed by atoms with van der Waals surface area (Å²) in [6.07, 6.45) is 1.84. The van der Waals surface area contributed by atoms with Crippen LogP contribution in [0.4, 0.5) is 16.2 Å². The predicted molar refractivity (Wildman–Crippen MR) is 65.7 cm³/mol. The number of nitrogens with zero attached hydrogens (tertiary/aromatic N) is 3. The third kappa shape index (κ3) is 1.92. The van der Waals surface area contributed by atoms with Gasteiger partial charge in [0.25, 0.3) is 11.6 Å². The van der Waals surface area contributed by atoms with Gasteiger partial charge < -0.3 is 4.90 Å². The molecule has 3 amide bonds. The Bertz CT molecular complexity index is 582. The maximum Gasteiger partial charge on any atom is 0.332 e. The van der Waals surface area contributed by atoms with Crippen molar-refractivity contribution in [3.05, 3.63) is 34.4 Å². The van der Waals surface area contributed by atoms with Gasteiger partial charge in [0.05, 0.1) is 10.6 Å². The van der Waals surface area contributed by atoms with Crippen LogP contribution in [0.1, 0.15) is 12.8 Å². The van der Waals surface area contributed by atoms with E-state index in [1.807, 2.05) is 0 Å². The number of imide groups is 1. The van der Waals surface area contributed by atoms with Gasteiger partial charge in [-0.1, -0.05) is 6.07 Å². The average Bonchev–Trinajstić information content (AvgIpc) is 3.16. The van der Waals surface area contributed by atoms with Crippen molar-refractivity contribution < 1.29 is 14.5 Å². The Morgan fingerprint density at radius 1 is 1.26 bits per heavy atom. The highest BCUT2D eigenvalue weighted by Gasteiger charge is 2.44. The molecule has 1 aromatic rings. The molecule has 1 aromatic carbocycles. The van der Waals surface area contributed by atoms with E-state index in [4.69, 9.17) is 0 Å². The minimum atomic E-state index is -0.548. The Hall–Kier alpha value is -2.44. The molecule has 7 nitrogen and oxygen atoms in total. The number of urea groups is 1. The van der Waals surface area contributed by atoms with E-state index in [9.17, 15) is 19.7 Å². The number of rotatable bonds is 3. The molecule has 19 heavy (non-hydrogen) atoms. The monoisotopic (exact) mass is 261 g/mol. The van der Waals surface area contributed by atoms with Crippen molar-refractivity contribution in [1.82, 2.24) is 4.90 Å². The highest BCUT2D eigenvalue weighted by atomic mass is 16.6. The summed E-state index contributed by atoms with van der Waals surface area (Å²) in [6.45, 7) is 0.0617. The first kappa shape index (κ1) is 11.6. The number of non-ortho nitro benzene ring substituents is 1. The van der Waals surface area contributed by atoms with Gasteiger partial charge in [-0.05, 0) is 18.9 Å². The average molecular weight is 261 g/mol. The van der Waals surface area contributed by atoms with Gasteiger partial charge in [0.15, 0.2) is 0 Å². The predicted octanol–water partition coefficient (Wildman–Crippen LogP) is 1.53. The minimum absolute atomic E-state index is 0.0617. The second-order valence-corrected chi connectivity index (χ2v) is 4.65. The molecule has 3 rings (SSSR count). The molecule has 0 aromatic heterocycles. The van der Waals surface area contributed by atoms with Crippen molar-refractivity contribution >= 4 is 23.3 Å². The SMILES string of the molecule is O=C1CN(C2CC2)C(=O)N1c1cccc([N+](=O)[O-])c1. The Balaban J connectivity index is 1.92. The zero-order valence-electron chi connectivity index (χ0n) is 9.98. The fourth-order valence-corrected chi connectivity index (χ4v) is 2.19. The van der Waals surface area contributed by atoms with Gasteiger partial charge in [0, 0.05) is 18.2 Å². The van der Waals surface area contributed by atoms with Gasteiger partial charge in [-0.2, -0.15) is 0 Å². The molecular formula is C12H11N3O4. The highest BCUT2D eigenvalue weighted by molar-refractivity contribution is 6.20. The quantitative estimate of drug-likeness (QED) is 0.469. The Morgan fingerprint density at radius 3 is 2.63 bits per heavy atom. The molecule has 1 saturated heterocycles. The van der Waals surface area contributed by atoms with Crippen molar-refractivity contribution in [3.8, 4) is 0 Å². The molecule has 7 heteroatoms. The number of anilines is 1. The molecule has 2 fully saturated rings. The van der Waals surface area contributed by atoms with Crippen molar-refractivity contribution in [2.45, 2.75) is 18.9 Å². The molecular weight excluding hydrogens is 250 g/mol. The van der Waals surface area contributed by atoms with E-state index >= 15 is 0 Å². The number of nitro benzene ring substituents is 1. The van der Waals surface area contributed by atoms with E-state index in [0.717, 1.165) is 17.7 Å². The summed E-state index contributed by atoms with van der Waals surface area (Å²) in [5.74, 6) is -0.336. The topological polar surface area (TPSA) is 83.8 Å². The van der Waals surface area contributed by atoms with Crippen molar-refractivity contribution in [1.29, 1.82) is 0 Å². The number of carbonyl (C=O) groups is 2. The molecule has 1 aliphatic heterocycles. The van der Waals surface area contributed by atoms with Crippen LogP contribution in [0.5, 0.6) is 0 Å². The van der Waals surface area contributed by atoms with Gasteiger partial charge in [-0.15, -0.1) is 0 Å². The molecule has 98 valence electrons. The fraction of sp³-hybridized carbons (Fsp3) is 0.333. The summed E-state index contributed by atoms with van der Waals surface area (Å²) in [4.78, 5) is 36.8. The molecule has 0 N–H and O–H groups in total. The van der Waals surface area contributed by atoms with Crippen LogP contribution in [0.2, 0.25) is 0 Å². The van der Waals surface area contributed by atoms with Gasteiger partial charge in [-0.25, -0.2) is 9.69 Å². The zero-order valence-corrected chi connectivity index (χ0v) is 9.98. The molecule has 0 radical (unpaired) electrons. The molecule has 0 atom stereocenters.